The highest BCUT2D eigenvalue weighted by Gasteiger charge is 2.31. The average Bonchev–Trinajstić information content (AvgIpc) is 2.15. The van der Waals surface area contributed by atoms with Crippen LogP contribution in [-0.2, 0) is 4.74 Å². The van der Waals surface area contributed by atoms with Gasteiger partial charge in [-0.25, -0.2) is 0 Å². The first-order chi connectivity index (χ1) is 6.97. The highest BCUT2D eigenvalue weighted by Crippen LogP contribution is 2.27. The Morgan fingerprint density at radius 2 is 1.80 bits per heavy atom. The Hall–Kier alpha value is -0.0800. The minimum atomic E-state index is 0.206. The van der Waals surface area contributed by atoms with Gasteiger partial charge in [-0.1, -0.05) is 40.5 Å². The quantitative estimate of drug-likeness (QED) is 0.704. The fraction of sp³-hybridized carbons (Fsp3) is 1.00. The second kappa shape index (κ2) is 7.24. The highest BCUT2D eigenvalue weighted by molar-refractivity contribution is 4.85. The van der Waals surface area contributed by atoms with Crippen molar-refractivity contribution in [3.05, 3.63) is 0 Å². The van der Waals surface area contributed by atoms with E-state index in [2.05, 4.69) is 39.9 Å². The zero-order valence-electron chi connectivity index (χ0n) is 11.4. The molecule has 0 aliphatic heterocycles. The van der Waals surface area contributed by atoms with Crippen LogP contribution >= 0.6 is 0 Å². The molecule has 15 heavy (non-hydrogen) atoms. The van der Waals surface area contributed by atoms with Crippen LogP contribution < -0.4 is 5.32 Å². The van der Waals surface area contributed by atoms with Gasteiger partial charge in [0.2, 0.25) is 0 Å². The molecular weight excluding hydrogens is 186 g/mol. The molecule has 2 heteroatoms. The molecule has 0 aliphatic carbocycles. The summed E-state index contributed by atoms with van der Waals surface area (Å²) >= 11 is 0. The molecule has 1 N–H and O–H groups in total. The van der Waals surface area contributed by atoms with Crippen LogP contribution in [0.4, 0.5) is 0 Å². The van der Waals surface area contributed by atoms with Gasteiger partial charge in [0.05, 0.1) is 6.10 Å². The topological polar surface area (TPSA) is 21.3 Å². The lowest BCUT2D eigenvalue weighted by Gasteiger charge is -2.36. The lowest BCUT2D eigenvalue weighted by molar-refractivity contribution is -0.0362. The zero-order valence-corrected chi connectivity index (χ0v) is 11.4. The molecule has 0 saturated heterocycles. The molecule has 0 bridgehead atoms. The maximum absolute atomic E-state index is 5.89. The third kappa shape index (κ3) is 5.53. The van der Waals surface area contributed by atoms with E-state index in [1.54, 1.807) is 0 Å². The first-order valence-electron chi connectivity index (χ1n) is 6.26. The van der Waals surface area contributed by atoms with Crippen LogP contribution in [-0.4, -0.2) is 25.8 Å². The number of unbranched alkanes of at least 4 members (excludes halogenated alkanes) is 1. The monoisotopic (exact) mass is 215 g/mol. The highest BCUT2D eigenvalue weighted by atomic mass is 16.5. The van der Waals surface area contributed by atoms with Crippen molar-refractivity contribution in [3.63, 3.8) is 0 Å². The van der Waals surface area contributed by atoms with Crippen LogP contribution in [0.2, 0.25) is 0 Å². The van der Waals surface area contributed by atoms with E-state index < -0.39 is 0 Å². The molecule has 2 unspecified atom stereocenters. The van der Waals surface area contributed by atoms with Gasteiger partial charge in [-0.3, -0.25) is 0 Å². The van der Waals surface area contributed by atoms with Crippen molar-refractivity contribution in [2.45, 2.75) is 66.0 Å². The van der Waals surface area contributed by atoms with Gasteiger partial charge in [-0.15, -0.1) is 0 Å². The molecule has 0 aromatic heterocycles. The predicted molar refractivity (Wildman–Crippen MR) is 67.2 cm³/mol. The van der Waals surface area contributed by atoms with E-state index in [-0.39, 0.29) is 5.41 Å². The molecule has 0 amide bonds. The van der Waals surface area contributed by atoms with Crippen LogP contribution in [0, 0.1) is 5.41 Å². The summed E-state index contributed by atoms with van der Waals surface area (Å²) in [4.78, 5) is 0. The molecule has 0 radical (unpaired) electrons. The maximum atomic E-state index is 5.89. The molecule has 92 valence electrons. The number of hydrogen-bond acceptors (Lipinski definition) is 2. The third-order valence-electron chi connectivity index (χ3n) is 2.80. The second-order valence-electron chi connectivity index (χ2n) is 5.28. The first kappa shape index (κ1) is 14.9. The summed E-state index contributed by atoms with van der Waals surface area (Å²) in [6, 6.07) is 0.477. The maximum Gasteiger partial charge on any atom is 0.0775 e. The number of nitrogens with one attached hydrogen (secondary N) is 1. The Balaban J connectivity index is 4.40. The van der Waals surface area contributed by atoms with Crippen molar-refractivity contribution in [1.82, 2.24) is 5.32 Å². The zero-order chi connectivity index (χ0) is 11.9. The molecule has 0 saturated carbocycles. The van der Waals surface area contributed by atoms with Crippen LogP contribution in [0.3, 0.4) is 0 Å². The van der Waals surface area contributed by atoms with E-state index in [1.165, 1.54) is 19.3 Å². The van der Waals surface area contributed by atoms with Crippen LogP contribution in [0.5, 0.6) is 0 Å². The Morgan fingerprint density at radius 1 is 1.20 bits per heavy atom. The Labute approximate surface area is 95.8 Å². The van der Waals surface area contributed by atoms with Gasteiger partial charge in [0, 0.05) is 12.6 Å². The SMILES string of the molecule is CCCCC(NC)C(OCC)C(C)(C)C. The molecule has 2 nitrogen and oxygen atoms in total. The van der Waals surface area contributed by atoms with Crippen molar-refractivity contribution in [1.29, 1.82) is 0 Å². The lowest BCUT2D eigenvalue weighted by atomic mass is 9.83. The number of hydrogen-bond donors (Lipinski definition) is 1. The minimum absolute atomic E-state index is 0.206. The predicted octanol–water partition coefficient (Wildman–Crippen LogP) is 3.22. The number of rotatable bonds is 7. The van der Waals surface area contributed by atoms with E-state index in [0.29, 0.717) is 12.1 Å². The molecular formula is C13H29NO. The largest absolute Gasteiger partial charge is 0.376 e. The van der Waals surface area contributed by atoms with E-state index in [4.69, 9.17) is 4.74 Å². The van der Waals surface area contributed by atoms with E-state index in [9.17, 15) is 0 Å². The van der Waals surface area contributed by atoms with Crippen LogP contribution in [0.15, 0.2) is 0 Å². The van der Waals surface area contributed by atoms with E-state index in [1.807, 2.05) is 7.05 Å². The first-order valence-corrected chi connectivity index (χ1v) is 6.26. The Bertz CT molecular complexity index is 151. The fourth-order valence-corrected chi connectivity index (χ4v) is 2.02. The second-order valence-corrected chi connectivity index (χ2v) is 5.28. The molecule has 0 spiro atoms. The molecule has 0 heterocycles. The molecule has 0 rings (SSSR count). The van der Waals surface area contributed by atoms with Crippen molar-refractivity contribution >= 4 is 0 Å². The van der Waals surface area contributed by atoms with E-state index in [0.717, 1.165) is 6.61 Å². The smallest absolute Gasteiger partial charge is 0.0775 e. The lowest BCUT2D eigenvalue weighted by Crippen LogP contribution is -2.47. The average molecular weight is 215 g/mol. The van der Waals surface area contributed by atoms with Gasteiger partial charge in [0.15, 0.2) is 0 Å². The summed E-state index contributed by atoms with van der Waals surface area (Å²) in [7, 11) is 2.04. The minimum Gasteiger partial charge on any atom is -0.376 e. The molecule has 0 aromatic carbocycles. The van der Waals surface area contributed by atoms with Crippen LogP contribution in [0.1, 0.15) is 53.9 Å². The normalized spacial score (nSPS) is 16.4. The Kier molecular flexibility index (Phi) is 7.20. The summed E-state index contributed by atoms with van der Waals surface area (Å²) < 4.78 is 5.89. The Morgan fingerprint density at radius 3 is 2.13 bits per heavy atom. The van der Waals surface area contributed by atoms with Crippen molar-refractivity contribution in [2.24, 2.45) is 5.41 Å². The van der Waals surface area contributed by atoms with Crippen molar-refractivity contribution in [2.75, 3.05) is 13.7 Å². The summed E-state index contributed by atoms with van der Waals surface area (Å²) in [6.07, 6.45) is 4.03. The van der Waals surface area contributed by atoms with Gasteiger partial charge < -0.3 is 10.1 Å². The molecule has 0 aliphatic rings. The standard InChI is InChI=1S/C13H29NO/c1-7-9-10-11(14-6)12(15-8-2)13(3,4)5/h11-12,14H,7-10H2,1-6H3. The van der Waals surface area contributed by atoms with Crippen LogP contribution in [0.25, 0.3) is 0 Å². The number of ether oxygens (including phenoxy) is 1. The van der Waals surface area contributed by atoms with Gasteiger partial charge in [0.1, 0.15) is 0 Å². The van der Waals surface area contributed by atoms with Gasteiger partial charge in [-0.2, -0.15) is 0 Å². The number of likely N-dealkylation sites (N-methyl/N-ethyl adjacent to an activating group) is 1. The summed E-state index contributed by atoms with van der Waals surface area (Å²) in [5.41, 5.74) is 0.206. The van der Waals surface area contributed by atoms with E-state index >= 15 is 0 Å². The molecule has 0 aromatic rings. The van der Waals surface area contributed by atoms with Crippen molar-refractivity contribution < 1.29 is 4.74 Å². The third-order valence-corrected chi connectivity index (χ3v) is 2.80. The summed E-state index contributed by atoms with van der Waals surface area (Å²) in [5, 5.41) is 3.40. The van der Waals surface area contributed by atoms with Gasteiger partial charge in [-0.05, 0) is 25.8 Å². The molecule has 0 fully saturated rings. The summed E-state index contributed by atoms with van der Waals surface area (Å²) in [5.74, 6) is 0. The van der Waals surface area contributed by atoms with Gasteiger partial charge in [0.25, 0.3) is 0 Å². The summed E-state index contributed by atoms with van der Waals surface area (Å²) in [6.45, 7) is 11.9. The van der Waals surface area contributed by atoms with Gasteiger partial charge >= 0.3 is 0 Å². The molecule has 2 atom stereocenters. The van der Waals surface area contributed by atoms with Crippen molar-refractivity contribution in [3.8, 4) is 0 Å². The fourth-order valence-electron chi connectivity index (χ4n) is 2.02.